The van der Waals surface area contributed by atoms with E-state index in [9.17, 15) is 19.7 Å². The highest BCUT2D eigenvalue weighted by Gasteiger charge is 2.20. The molecule has 0 aliphatic carbocycles. The van der Waals surface area contributed by atoms with E-state index in [1.54, 1.807) is 6.07 Å². The monoisotopic (exact) mass is 426 g/mol. The molecule has 0 saturated heterocycles. The molecule has 3 aromatic rings. The maximum Gasteiger partial charge on any atom is 0.338 e. The van der Waals surface area contributed by atoms with Crippen molar-refractivity contribution in [3.63, 3.8) is 0 Å². The van der Waals surface area contributed by atoms with Crippen molar-refractivity contribution in [3.8, 4) is 5.69 Å². The predicted molar refractivity (Wildman–Crippen MR) is 113 cm³/mol. The summed E-state index contributed by atoms with van der Waals surface area (Å²) < 4.78 is 7.04. The first-order valence-electron chi connectivity index (χ1n) is 9.09. The highest BCUT2D eigenvalue weighted by molar-refractivity contribution is 6.32. The molecule has 2 aromatic carbocycles. The number of ketones is 1. The first-order chi connectivity index (χ1) is 14.2. The van der Waals surface area contributed by atoms with E-state index in [2.05, 4.69) is 0 Å². The van der Waals surface area contributed by atoms with Crippen LogP contribution in [0.5, 0.6) is 0 Å². The second-order valence-corrected chi connectivity index (χ2v) is 7.29. The molecule has 3 rings (SSSR count). The second kappa shape index (κ2) is 8.51. The molecule has 0 bridgehead atoms. The molecule has 0 aliphatic rings. The van der Waals surface area contributed by atoms with Crippen LogP contribution in [-0.2, 0) is 4.74 Å². The molecule has 0 unspecified atom stereocenters. The molecule has 30 heavy (non-hydrogen) atoms. The number of hydrogen-bond acceptors (Lipinski definition) is 5. The molecular formula is C22H19ClN2O5. The zero-order chi connectivity index (χ0) is 22.0. The number of halogens is 1. The third-order valence-electron chi connectivity index (χ3n) is 4.74. The van der Waals surface area contributed by atoms with E-state index < -0.39 is 23.2 Å². The molecule has 1 aromatic heterocycles. The van der Waals surface area contributed by atoms with Crippen LogP contribution in [0.15, 0.2) is 48.5 Å². The number of aromatic nitrogens is 1. The Morgan fingerprint density at radius 1 is 1.07 bits per heavy atom. The van der Waals surface area contributed by atoms with Crippen LogP contribution in [0, 0.1) is 30.9 Å². The van der Waals surface area contributed by atoms with Crippen LogP contribution in [0.4, 0.5) is 5.69 Å². The minimum Gasteiger partial charge on any atom is -0.454 e. The van der Waals surface area contributed by atoms with Crippen molar-refractivity contribution in [3.05, 3.63) is 91.7 Å². The van der Waals surface area contributed by atoms with Crippen LogP contribution in [-0.4, -0.2) is 27.8 Å². The van der Waals surface area contributed by atoms with E-state index in [1.807, 2.05) is 49.6 Å². The largest absolute Gasteiger partial charge is 0.454 e. The van der Waals surface area contributed by atoms with Gasteiger partial charge in [-0.05, 0) is 51.1 Å². The molecular weight excluding hydrogens is 408 g/mol. The van der Waals surface area contributed by atoms with Gasteiger partial charge in [-0.2, -0.15) is 0 Å². The van der Waals surface area contributed by atoms with Crippen LogP contribution in [0.3, 0.4) is 0 Å². The zero-order valence-corrected chi connectivity index (χ0v) is 17.4. The fourth-order valence-corrected chi connectivity index (χ4v) is 3.39. The Morgan fingerprint density at radius 2 is 1.73 bits per heavy atom. The summed E-state index contributed by atoms with van der Waals surface area (Å²) in [6.45, 7) is 5.23. The number of ether oxygens (including phenoxy) is 1. The maximum absolute atomic E-state index is 12.7. The summed E-state index contributed by atoms with van der Waals surface area (Å²) in [7, 11) is 0. The van der Waals surface area contributed by atoms with E-state index in [0.29, 0.717) is 5.56 Å². The van der Waals surface area contributed by atoms with Gasteiger partial charge < -0.3 is 9.30 Å². The van der Waals surface area contributed by atoms with Crippen molar-refractivity contribution >= 4 is 29.0 Å². The van der Waals surface area contributed by atoms with Crippen LogP contribution in [0.1, 0.15) is 37.7 Å². The lowest BCUT2D eigenvalue weighted by molar-refractivity contribution is -0.384. The molecule has 154 valence electrons. The molecule has 0 N–H and O–H groups in total. The van der Waals surface area contributed by atoms with Crippen molar-refractivity contribution < 1.29 is 19.2 Å². The van der Waals surface area contributed by atoms with Gasteiger partial charge >= 0.3 is 5.97 Å². The van der Waals surface area contributed by atoms with Crippen molar-refractivity contribution in [2.24, 2.45) is 0 Å². The average Bonchev–Trinajstić information content (AvgIpc) is 3.01. The Morgan fingerprint density at radius 3 is 2.37 bits per heavy atom. The number of carbonyl (C=O) groups excluding carboxylic acids is 2. The third kappa shape index (κ3) is 4.26. The number of nitro benzene ring substituents is 1. The maximum atomic E-state index is 12.7. The van der Waals surface area contributed by atoms with Crippen LogP contribution in [0.25, 0.3) is 5.69 Å². The van der Waals surface area contributed by atoms with Gasteiger partial charge in [0.15, 0.2) is 6.61 Å². The highest BCUT2D eigenvalue weighted by Crippen LogP contribution is 2.26. The second-order valence-electron chi connectivity index (χ2n) is 6.88. The summed E-state index contributed by atoms with van der Waals surface area (Å²) >= 11 is 5.75. The first kappa shape index (κ1) is 21.3. The summed E-state index contributed by atoms with van der Waals surface area (Å²) in [6.07, 6.45) is 0. The fourth-order valence-electron chi connectivity index (χ4n) is 3.21. The third-order valence-corrected chi connectivity index (χ3v) is 5.06. The lowest BCUT2D eigenvalue weighted by Crippen LogP contribution is -2.15. The zero-order valence-electron chi connectivity index (χ0n) is 16.6. The van der Waals surface area contributed by atoms with Crippen molar-refractivity contribution in [1.29, 1.82) is 0 Å². The minimum absolute atomic E-state index is 0.0518. The number of aryl methyl sites for hydroxylation is 2. The molecule has 8 heteroatoms. The van der Waals surface area contributed by atoms with Gasteiger partial charge in [0.1, 0.15) is 5.02 Å². The van der Waals surface area contributed by atoms with E-state index in [4.69, 9.17) is 16.3 Å². The highest BCUT2D eigenvalue weighted by atomic mass is 35.5. The Balaban J connectivity index is 1.76. The summed E-state index contributed by atoms with van der Waals surface area (Å²) in [5.41, 5.74) is 3.66. The molecule has 0 saturated carbocycles. The van der Waals surface area contributed by atoms with Crippen LogP contribution in [0.2, 0.25) is 5.02 Å². The quantitative estimate of drug-likeness (QED) is 0.239. The number of carbonyl (C=O) groups is 2. The van der Waals surface area contributed by atoms with E-state index in [1.165, 1.54) is 12.1 Å². The fraction of sp³-hybridized carbons (Fsp3) is 0.182. The smallest absolute Gasteiger partial charge is 0.338 e. The summed E-state index contributed by atoms with van der Waals surface area (Å²) in [5, 5.41) is 10.9. The average molecular weight is 427 g/mol. The number of hydrogen-bond donors (Lipinski definition) is 0. The summed E-state index contributed by atoms with van der Waals surface area (Å²) in [4.78, 5) is 35.2. The van der Waals surface area contributed by atoms with Gasteiger partial charge in [-0.3, -0.25) is 14.9 Å². The predicted octanol–water partition coefficient (Wildman–Crippen LogP) is 5.00. The standard InChI is InChI=1S/C22H19ClN2O5/c1-13-4-7-17(8-5-13)24-14(2)10-18(15(24)3)21(26)12-30-22(27)16-6-9-19(23)20(11-16)25(28)29/h4-11H,12H2,1-3H3. The lowest BCUT2D eigenvalue weighted by atomic mass is 10.1. The molecule has 0 radical (unpaired) electrons. The molecule has 0 aliphatic heterocycles. The molecule has 0 atom stereocenters. The lowest BCUT2D eigenvalue weighted by Gasteiger charge is -2.10. The van der Waals surface area contributed by atoms with Crippen molar-refractivity contribution in [2.75, 3.05) is 6.61 Å². The number of esters is 1. The summed E-state index contributed by atoms with van der Waals surface area (Å²) in [5.74, 6) is -1.20. The number of benzene rings is 2. The van der Waals surface area contributed by atoms with Gasteiger partial charge in [0.2, 0.25) is 5.78 Å². The van der Waals surface area contributed by atoms with E-state index in [-0.39, 0.29) is 16.4 Å². The number of Topliss-reactive ketones (excluding diaryl/α,β-unsaturated/α-hetero) is 1. The number of nitro groups is 1. The summed E-state index contributed by atoms with van der Waals surface area (Å²) in [6, 6.07) is 13.2. The van der Waals surface area contributed by atoms with Gasteiger partial charge in [-0.15, -0.1) is 0 Å². The molecule has 0 amide bonds. The first-order valence-corrected chi connectivity index (χ1v) is 9.47. The van der Waals surface area contributed by atoms with Crippen LogP contribution >= 0.6 is 11.6 Å². The number of nitrogens with zero attached hydrogens (tertiary/aromatic N) is 2. The van der Waals surface area contributed by atoms with Crippen molar-refractivity contribution in [1.82, 2.24) is 4.57 Å². The van der Waals surface area contributed by atoms with Gasteiger partial charge in [0.25, 0.3) is 5.69 Å². The molecule has 0 spiro atoms. The van der Waals surface area contributed by atoms with Gasteiger partial charge in [0, 0.05) is 28.7 Å². The Labute approximate surface area is 178 Å². The normalized spacial score (nSPS) is 10.7. The topological polar surface area (TPSA) is 91.4 Å². The molecule has 0 fully saturated rings. The van der Waals surface area contributed by atoms with Crippen molar-refractivity contribution in [2.45, 2.75) is 20.8 Å². The Bertz CT molecular complexity index is 1150. The van der Waals surface area contributed by atoms with Gasteiger partial charge in [0.05, 0.1) is 10.5 Å². The SMILES string of the molecule is Cc1ccc(-n2c(C)cc(C(=O)COC(=O)c3ccc(Cl)c([N+](=O)[O-])c3)c2C)cc1. The Hall–Kier alpha value is -3.45. The Kier molecular flexibility index (Phi) is 6.03. The van der Waals surface area contributed by atoms with E-state index >= 15 is 0 Å². The minimum atomic E-state index is -0.838. The van der Waals surface area contributed by atoms with Crippen LogP contribution < -0.4 is 0 Å². The molecule has 7 nitrogen and oxygen atoms in total. The van der Waals surface area contributed by atoms with Gasteiger partial charge in [-0.1, -0.05) is 29.3 Å². The van der Waals surface area contributed by atoms with Gasteiger partial charge in [-0.25, -0.2) is 4.79 Å². The molecule has 1 heterocycles. The van der Waals surface area contributed by atoms with E-state index in [0.717, 1.165) is 28.7 Å². The number of rotatable bonds is 6.